The quantitative estimate of drug-likeness (QED) is 0.643. The van der Waals surface area contributed by atoms with Gasteiger partial charge >= 0.3 is 5.97 Å². The number of carbonyl (C=O) groups is 1. The number of quaternary nitrogens is 1. The van der Waals surface area contributed by atoms with Gasteiger partial charge in [0.25, 0.3) is 0 Å². The lowest BCUT2D eigenvalue weighted by Gasteiger charge is -2.37. The van der Waals surface area contributed by atoms with Gasteiger partial charge < -0.3 is 18.4 Å². The molecule has 118 valence electrons. The molecule has 1 aliphatic heterocycles. The molecule has 0 radical (unpaired) electrons. The van der Waals surface area contributed by atoms with Crippen molar-refractivity contribution in [2.24, 2.45) is 0 Å². The molecule has 5 nitrogen and oxygen atoms in total. The highest BCUT2D eigenvalue weighted by atomic mass is 16.5. The van der Waals surface area contributed by atoms with E-state index >= 15 is 0 Å². The van der Waals surface area contributed by atoms with Gasteiger partial charge in [-0.3, -0.25) is 0 Å². The van der Waals surface area contributed by atoms with Crippen molar-refractivity contribution >= 4 is 16.9 Å². The molecule has 0 saturated carbocycles. The van der Waals surface area contributed by atoms with Crippen LogP contribution in [0.2, 0.25) is 0 Å². The summed E-state index contributed by atoms with van der Waals surface area (Å²) in [6.07, 6.45) is 0. The second-order valence-corrected chi connectivity index (χ2v) is 6.19. The minimum atomic E-state index is -0.395. The van der Waals surface area contributed by atoms with E-state index in [4.69, 9.17) is 13.9 Å². The summed E-state index contributed by atoms with van der Waals surface area (Å²) in [5.74, 6) is -0.126. The highest BCUT2D eigenvalue weighted by Crippen LogP contribution is 2.21. The summed E-state index contributed by atoms with van der Waals surface area (Å²) in [6.45, 7) is 6.67. The van der Waals surface area contributed by atoms with Crippen molar-refractivity contribution in [2.75, 3.05) is 46.5 Å². The molecular weight excluding hydrogens is 282 g/mol. The fourth-order valence-electron chi connectivity index (χ4n) is 2.70. The Morgan fingerprint density at radius 2 is 2.05 bits per heavy atom. The summed E-state index contributed by atoms with van der Waals surface area (Å²) in [7, 11) is 2.17. The highest BCUT2D eigenvalue weighted by Gasteiger charge is 2.25. The molecule has 2 aromatic rings. The first-order chi connectivity index (χ1) is 10.6. The van der Waals surface area contributed by atoms with Crippen LogP contribution in [0.1, 0.15) is 16.1 Å². The number of furan rings is 1. The predicted molar refractivity (Wildman–Crippen MR) is 82.8 cm³/mol. The number of benzene rings is 1. The van der Waals surface area contributed by atoms with Crippen LogP contribution in [0.25, 0.3) is 11.0 Å². The molecular formula is C17H22NO4+. The van der Waals surface area contributed by atoms with Crippen LogP contribution in [-0.4, -0.2) is 57.0 Å². The molecule has 1 saturated heterocycles. The number of morpholine rings is 1. The standard InChI is InChI=1S/C17H22NO4/c1-13-3-4-15-14(11-13)12-16(22-15)17(19)21-10-7-18(2)5-8-20-9-6-18/h3-4,11-12H,5-10H2,1-2H3/q+1. The fraction of sp³-hybridized carbons (Fsp3) is 0.471. The Balaban J connectivity index is 1.58. The SMILES string of the molecule is Cc1ccc2oc(C(=O)OCC[N+]3(C)CCOCC3)cc2c1. The monoisotopic (exact) mass is 304 g/mol. The summed E-state index contributed by atoms with van der Waals surface area (Å²) in [5, 5.41) is 0.930. The van der Waals surface area contributed by atoms with Gasteiger partial charge in [-0.2, -0.15) is 0 Å². The van der Waals surface area contributed by atoms with Crippen LogP contribution in [0.5, 0.6) is 0 Å². The second-order valence-electron chi connectivity index (χ2n) is 6.19. The number of fused-ring (bicyclic) bond motifs is 1. The Labute approximate surface area is 130 Å². The molecule has 0 N–H and O–H groups in total. The number of nitrogens with zero attached hydrogens (tertiary/aromatic N) is 1. The number of esters is 1. The summed E-state index contributed by atoms with van der Waals surface area (Å²) in [4.78, 5) is 12.1. The van der Waals surface area contributed by atoms with Crippen molar-refractivity contribution in [3.63, 3.8) is 0 Å². The van der Waals surface area contributed by atoms with Gasteiger partial charge in [0, 0.05) is 5.39 Å². The molecule has 0 spiro atoms. The average Bonchev–Trinajstić information content (AvgIpc) is 2.91. The normalized spacial score (nSPS) is 17.5. The van der Waals surface area contributed by atoms with Crippen molar-refractivity contribution in [1.29, 1.82) is 0 Å². The van der Waals surface area contributed by atoms with E-state index in [1.54, 1.807) is 6.07 Å². The van der Waals surface area contributed by atoms with Crippen LogP contribution in [0.15, 0.2) is 28.7 Å². The zero-order valence-corrected chi connectivity index (χ0v) is 13.1. The Hall–Kier alpha value is -1.85. The summed E-state index contributed by atoms with van der Waals surface area (Å²) in [6, 6.07) is 7.58. The number of likely N-dealkylation sites (N-methyl/N-ethyl adjacent to an activating group) is 1. The van der Waals surface area contributed by atoms with Crippen LogP contribution < -0.4 is 0 Å². The maximum Gasteiger partial charge on any atom is 0.374 e. The van der Waals surface area contributed by atoms with Crippen LogP contribution in [-0.2, 0) is 9.47 Å². The molecule has 5 heteroatoms. The smallest absolute Gasteiger partial charge is 0.374 e. The van der Waals surface area contributed by atoms with Gasteiger partial charge in [-0.15, -0.1) is 0 Å². The summed E-state index contributed by atoms with van der Waals surface area (Å²) in [5.41, 5.74) is 1.85. The molecule has 0 atom stereocenters. The molecule has 1 aliphatic rings. The topological polar surface area (TPSA) is 48.7 Å². The number of ether oxygens (including phenoxy) is 2. The third-order valence-electron chi connectivity index (χ3n) is 4.29. The summed E-state index contributed by atoms with van der Waals surface area (Å²) < 4.78 is 17.2. The molecule has 22 heavy (non-hydrogen) atoms. The Kier molecular flexibility index (Phi) is 4.18. The number of hydrogen-bond acceptors (Lipinski definition) is 4. The van der Waals surface area contributed by atoms with Gasteiger partial charge in [0.05, 0.1) is 20.3 Å². The molecule has 0 aliphatic carbocycles. The summed E-state index contributed by atoms with van der Waals surface area (Å²) >= 11 is 0. The predicted octanol–water partition coefficient (Wildman–Crippen LogP) is 2.37. The van der Waals surface area contributed by atoms with E-state index in [1.165, 1.54) is 0 Å². The maximum atomic E-state index is 12.1. The van der Waals surface area contributed by atoms with Crippen molar-refractivity contribution in [1.82, 2.24) is 0 Å². The maximum absolute atomic E-state index is 12.1. The molecule has 1 aromatic heterocycles. The van der Waals surface area contributed by atoms with Gasteiger partial charge in [0.1, 0.15) is 31.8 Å². The lowest BCUT2D eigenvalue weighted by molar-refractivity contribution is -0.917. The third-order valence-corrected chi connectivity index (χ3v) is 4.29. The van der Waals surface area contributed by atoms with Gasteiger partial charge in [-0.05, 0) is 25.1 Å². The first-order valence-corrected chi connectivity index (χ1v) is 7.64. The lowest BCUT2D eigenvalue weighted by Crippen LogP contribution is -2.53. The molecule has 1 aromatic carbocycles. The van der Waals surface area contributed by atoms with E-state index in [-0.39, 0.29) is 5.76 Å². The van der Waals surface area contributed by atoms with Crippen molar-refractivity contribution in [2.45, 2.75) is 6.92 Å². The van der Waals surface area contributed by atoms with E-state index in [1.807, 2.05) is 25.1 Å². The zero-order chi connectivity index (χ0) is 15.6. The minimum absolute atomic E-state index is 0.269. The number of carbonyl (C=O) groups excluding carboxylic acids is 1. The lowest BCUT2D eigenvalue weighted by atomic mass is 10.2. The van der Waals surface area contributed by atoms with Gasteiger partial charge in [0.2, 0.25) is 5.76 Å². The Morgan fingerprint density at radius 3 is 2.82 bits per heavy atom. The van der Waals surface area contributed by atoms with Crippen LogP contribution in [0.4, 0.5) is 0 Å². The molecule has 3 rings (SSSR count). The van der Waals surface area contributed by atoms with E-state index in [9.17, 15) is 4.79 Å². The van der Waals surface area contributed by atoms with Gasteiger partial charge in [0.15, 0.2) is 0 Å². The average molecular weight is 304 g/mol. The first kappa shape index (κ1) is 15.1. The van der Waals surface area contributed by atoms with E-state index in [0.717, 1.165) is 48.3 Å². The third kappa shape index (κ3) is 3.31. The van der Waals surface area contributed by atoms with Crippen LogP contribution >= 0.6 is 0 Å². The molecule has 2 heterocycles. The molecule has 0 amide bonds. The van der Waals surface area contributed by atoms with Crippen molar-refractivity contribution in [3.05, 3.63) is 35.6 Å². The Bertz CT molecular complexity index is 670. The fourth-order valence-corrected chi connectivity index (χ4v) is 2.70. The van der Waals surface area contributed by atoms with Crippen LogP contribution in [0.3, 0.4) is 0 Å². The van der Waals surface area contributed by atoms with E-state index < -0.39 is 5.97 Å². The molecule has 1 fully saturated rings. The number of hydrogen-bond donors (Lipinski definition) is 0. The first-order valence-electron chi connectivity index (χ1n) is 7.64. The highest BCUT2D eigenvalue weighted by molar-refractivity contribution is 5.92. The Morgan fingerprint density at radius 1 is 1.27 bits per heavy atom. The van der Waals surface area contributed by atoms with Crippen molar-refractivity contribution in [3.8, 4) is 0 Å². The minimum Gasteiger partial charge on any atom is -0.454 e. The van der Waals surface area contributed by atoms with Gasteiger partial charge in [-0.25, -0.2) is 4.79 Å². The largest absolute Gasteiger partial charge is 0.454 e. The van der Waals surface area contributed by atoms with Gasteiger partial charge in [-0.1, -0.05) is 11.6 Å². The van der Waals surface area contributed by atoms with Crippen molar-refractivity contribution < 1.29 is 23.2 Å². The van der Waals surface area contributed by atoms with E-state index in [2.05, 4.69) is 7.05 Å². The van der Waals surface area contributed by atoms with Crippen LogP contribution in [0, 0.1) is 6.92 Å². The molecule has 0 bridgehead atoms. The number of aryl methyl sites for hydroxylation is 1. The second kappa shape index (κ2) is 6.10. The number of rotatable bonds is 4. The van der Waals surface area contributed by atoms with E-state index in [0.29, 0.717) is 12.2 Å². The zero-order valence-electron chi connectivity index (χ0n) is 13.1. The molecule has 0 unspecified atom stereocenters.